The number of hydrogen-bond acceptors (Lipinski definition) is 4. The molecule has 0 atom stereocenters. The highest BCUT2D eigenvalue weighted by molar-refractivity contribution is 6.05. The van der Waals surface area contributed by atoms with E-state index < -0.39 is 24.1 Å². The lowest BCUT2D eigenvalue weighted by molar-refractivity contribution is -0.136. The second-order valence-corrected chi connectivity index (χ2v) is 3.69. The van der Waals surface area contributed by atoms with Crippen LogP contribution in [0.25, 0.3) is 0 Å². The third-order valence-electron chi connectivity index (χ3n) is 2.05. The second kappa shape index (κ2) is 5.77. The molecule has 0 spiro atoms. The molecule has 0 radical (unpaired) electrons. The Morgan fingerprint density at radius 3 is 2.22 bits per heavy atom. The van der Waals surface area contributed by atoms with Crippen LogP contribution in [0.2, 0.25) is 0 Å². The molecule has 0 saturated carbocycles. The van der Waals surface area contributed by atoms with E-state index in [4.69, 9.17) is 9.84 Å². The summed E-state index contributed by atoms with van der Waals surface area (Å²) in [5.41, 5.74) is 0.522. The minimum atomic E-state index is -1.18. The Bertz CT molecular complexity index is 499. The van der Waals surface area contributed by atoms with E-state index in [1.807, 2.05) is 0 Å². The highest BCUT2D eigenvalue weighted by Crippen LogP contribution is 2.14. The molecule has 0 aliphatic carbocycles. The standard InChI is InChI=1S/C13H12O5/c1-8(2)13(17)18-10-5-3-9(4-6-10)11(14)7-12(15)16/h3-6H,1,7H2,2H3,(H,15,16). The van der Waals surface area contributed by atoms with Gasteiger partial charge >= 0.3 is 11.9 Å². The van der Waals surface area contributed by atoms with Crippen molar-refractivity contribution in [2.24, 2.45) is 0 Å². The molecule has 0 aliphatic heterocycles. The van der Waals surface area contributed by atoms with E-state index in [2.05, 4.69) is 6.58 Å². The van der Waals surface area contributed by atoms with Crippen LogP contribution in [0, 0.1) is 0 Å². The summed E-state index contributed by atoms with van der Waals surface area (Å²) < 4.78 is 4.93. The van der Waals surface area contributed by atoms with Gasteiger partial charge in [0.1, 0.15) is 12.2 Å². The van der Waals surface area contributed by atoms with Crippen molar-refractivity contribution in [2.45, 2.75) is 13.3 Å². The van der Waals surface area contributed by atoms with Gasteiger partial charge in [-0.2, -0.15) is 0 Å². The van der Waals surface area contributed by atoms with Crippen molar-refractivity contribution in [1.82, 2.24) is 0 Å². The highest BCUT2D eigenvalue weighted by Gasteiger charge is 2.11. The molecular formula is C13H12O5. The summed E-state index contributed by atoms with van der Waals surface area (Å²) in [5.74, 6) is -1.97. The Morgan fingerprint density at radius 2 is 1.78 bits per heavy atom. The number of ether oxygens (including phenoxy) is 1. The first-order chi connectivity index (χ1) is 8.40. The van der Waals surface area contributed by atoms with Gasteiger partial charge in [-0.15, -0.1) is 0 Å². The van der Waals surface area contributed by atoms with Crippen LogP contribution >= 0.6 is 0 Å². The second-order valence-electron chi connectivity index (χ2n) is 3.69. The fourth-order valence-electron chi connectivity index (χ4n) is 1.14. The molecule has 0 bridgehead atoms. The maximum atomic E-state index is 11.4. The average Bonchev–Trinajstić information content (AvgIpc) is 2.28. The van der Waals surface area contributed by atoms with Crippen LogP contribution in [0.5, 0.6) is 5.75 Å². The van der Waals surface area contributed by atoms with Crippen molar-refractivity contribution in [3.05, 3.63) is 42.0 Å². The number of carboxylic acids is 1. The fraction of sp³-hybridized carbons (Fsp3) is 0.154. The first-order valence-electron chi connectivity index (χ1n) is 5.13. The normalized spacial score (nSPS) is 9.61. The molecule has 0 fully saturated rings. The monoisotopic (exact) mass is 248 g/mol. The minimum absolute atomic E-state index is 0.257. The minimum Gasteiger partial charge on any atom is -0.481 e. The molecule has 1 aromatic rings. The topological polar surface area (TPSA) is 80.7 Å². The van der Waals surface area contributed by atoms with Gasteiger partial charge in [-0.1, -0.05) is 6.58 Å². The number of hydrogen-bond donors (Lipinski definition) is 1. The Morgan fingerprint density at radius 1 is 1.22 bits per heavy atom. The van der Waals surface area contributed by atoms with Gasteiger partial charge in [0.25, 0.3) is 0 Å². The molecule has 1 rings (SSSR count). The molecule has 18 heavy (non-hydrogen) atoms. The van der Waals surface area contributed by atoms with Crippen molar-refractivity contribution in [1.29, 1.82) is 0 Å². The summed E-state index contributed by atoms with van der Waals surface area (Å²) in [7, 11) is 0. The largest absolute Gasteiger partial charge is 0.481 e. The van der Waals surface area contributed by atoms with Gasteiger partial charge in [0.15, 0.2) is 5.78 Å². The summed E-state index contributed by atoms with van der Waals surface area (Å²) in [6, 6.07) is 5.67. The zero-order chi connectivity index (χ0) is 13.7. The molecule has 0 amide bonds. The Labute approximate surface area is 104 Å². The van der Waals surface area contributed by atoms with E-state index in [9.17, 15) is 14.4 Å². The van der Waals surface area contributed by atoms with Gasteiger partial charge in [-0.25, -0.2) is 4.79 Å². The number of aliphatic carboxylic acids is 1. The lowest BCUT2D eigenvalue weighted by atomic mass is 10.1. The fourth-order valence-corrected chi connectivity index (χ4v) is 1.14. The smallest absolute Gasteiger partial charge is 0.338 e. The van der Waals surface area contributed by atoms with E-state index in [-0.39, 0.29) is 16.9 Å². The molecular weight excluding hydrogens is 236 g/mol. The van der Waals surface area contributed by atoms with Gasteiger partial charge in [0.2, 0.25) is 0 Å². The first-order valence-corrected chi connectivity index (χ1v) is 5.13. The van der Waals surface area contributed by atoms with E-state index in [1.165, 1.54) is 31.2 Å². The number of carboxylic acid groups (broad SMARTS) is 1. The quantitative estimate of drug-likeness (QED) is 0.282. The third kappa shape index (κ3) is 3.86. The predicted molar refractivity (Wildman–Crippen MR) is 63.5 cm³/mol. The van der Waals surface area contributed by atoms with E-state index >= 15 is 0 Å². The SMILES string of the molecule is C=C(C)C(=O)Oc1ccc(C(=O)CC(=O)O)cc1. The van der Waals surface area contributed by atoms with Crippen molar-refractivity contribution in [2.75, 3.05) is 0 Å². The molecule has 0 aliphatic rings. The molecule has 0 aromatic heterocycles. The van der Waals surface area contributed by atoms with Gasteiger partial charge < -0.3 is 9.84 Å². The van der Waals surface area contributed by atoms with Crippen LogP contribution in [0.4, 0.5) is 0 Å². The van der Waals surface area contributed by atoms with E-state index in [0.29, 0.717) is 0 Å². The lowest BCUT2D eigenvalue weighted by Gasteiger charge is -2.04. The Balaban J connectivity index is 2.74. The van der Waals surface area contributed by atoms with Gasteiger partial charge in [0, 0.05) is 11.1 Å². The Hall–Kier alpha value is -2.43. The van der Waals surface area contributed by atoms with Gasteiger partial charge in [-0.05, 0) is 31.2 Å². The molecule has 5 nitrogen and oxygen atoms in total. The summed E-state index contributed by atoms with van der Waals surface area (Å²) in [6.07, 6.45) is -0.565. The van der Waals surface area contributed by atoms with Crippen molar-refractivity contribution >= 4 is 17.7 Å². The molecule has 0 heterocycles. The summed E-state index contributed by atoms with van der Waals surface area (Å²) in [6.45, 7) is 4.96. The zero-order valence-electron chi connectivity index (χ0n) is 9.80. The van der Waals surface area contributed by atoms with Crippen LogP contribution in [0.3, 0.4) is 0 Å². The van der Waals surface area contributed by atoms with Crippen molar-refractivity contribution in [3.8, 4) is 5.75 Å². The highest BCUT2D eigenvalue weighted by atomic mass is 16.5. The van der Waals surface area contributed by atoms with Gasteiger partial charge in [0.05, 0.1) is 0 Å². The number of ketones is 1. The zero-order valence-corrected chi connectivity index (χ0v) is 9.80. The maximum absolute atomic E-state index is 11.4. The lowest BCUT2D eigenvalue weighted by Crippen LogP contribution is -2.09. The summed E-state index contributed by atoms with van der Waals surface area (Å²) >= 11 is 0. The molecule has 1 aromatic carbocycles. The number of Topliss-reactive ketones (excluding diaryl/α,β-unsaturated/α-hetero) is 1. The summed E-state index contributed by atoms with van der Waals surface area (Å²) in [4.78, 5) is 33.0. The van der Waals surface area contributed by atoms with E-state index in [0.717, 1.165) is 0 Å². The van der Waals surface area contributed by atoms with Gasteiger partial charge in [-0.3, -0.25) is 9.59 Å². The van der Waals surface area contributed by atoms with Crippen LogP contribution in [-0.4, -0.2) is 22.8 Å². The third-order valence-corrected chi connectivity index (χ3v) is 2.05. The van der Waals surface area contributed by atoms with Crippen LogP contribution in [0.1, 0.15) is 23.7 Å². The van der Waals surface area contributed by atoms with Crippen LogP contribution in [-0.2, 0) is 9.59 Å². The Kier molecular flexibility index (Phi) is 4.37. The molecule has 1 N–H and O–H groups in total. The molecule has 0 saturated heterocycles. The number of carbonyl (C=O) groups excluding carboxylic acids is 2. The van der Waals surface area contributed by atoms with Crippen LogP contribution in [0.15, 0.2) is 36.4 Å². The molecule has 5 heteroatoms. The van der Waals surface area contributed by atoms with Crippen molar-refractivity contribution in [3.63, 3.8) is 0 Å². The number of benzene rings is 1. The van der Waals surface area contributed by atoms with Crippen LogP contribution < -0.4 is 4.74 Å². The first kappa shape index (κ1) is 13.6. The summed E-state index contributed by atoms with van der Waals surface area (Å²) in [5, 5.41) is 8.48. The van der Waals surface area contributed by atoms with Crippen molar-refractivity contribution < 1.29 is 24.2 Å². The average molecular weight is 248 g/mol. The number of rotatable bonds is 5. The number of esters is 1. The molecule has 0 unspecified atom stereocenters. The van der Waals surface area contributed by atoms with E-state index in [1.54, 1.807) is 0 Å². The molecule has 94 valence electrons. The predicted octanol–water partition coefficient (Wildman–Crippen LogP) is 1.83. The maximum Gasteiger partial charge on any atom is 0.338 e. The number of carbonyl (C=O) groups is 3.